The Morgan fingerprint density at radius 1 is 1.28 bits per heavy atom. The highest BCUT2D eigenvalue weighted by molar-refractivity contribution is 5.58. The van der Waals surface area contributed by atoms with Crippen LogP contribution in [-0.2, 0) is 6.42 Å². The lowest BCUT2D eigenvalue weighted by Crippen LogP contribution is -2.27. The SMILES string of the molecule is CCNc1ncnc(N(CC)CCCO)c1CC. The van der Waals surface area contributed by atoms with Crippen LogP contribution < -0.4 is 10.2 Å². The van der Waals surface area contributed by atoms with Gasteiger partial charge in [-0.05, 0) is 26.7 Å². The Kier molecular flexibility index (Phi) is 6.43. The van der Waals surface area contributed by atoms with Crippen molar-refractivity contribution < 1.29 is 5.11 Å². The van der Waals surface area contributed by atoms with Crippen molar-refractivity contribution in [2.75, 3.05) is 36.5 Å². The standard InChI is InChI=1S/C13H24N4O/c1-4-11-12(14-5-2)15-10-16-13(11)17(6-3)8-7-9-18/h10,18H,4-9H2,1-3H3,(H,14,15,16). The Morgan fingerprint density at radius 3 is 2.61 bits per heavy atom. The first-order valence-corrected chi connectivity index (χ1v) is 6.71. The molecule has 18 heavy (non-hydrogen) atoms. The Morgan fingerprint density at radius 2 is 2.06 bits per heavy atom. The van der Waals surface area contributed by atoms with Gasteiger partial charge in [0.15, 0.2) is 0 Å². The van der Waals surface area contributed by atoms with Crippen LogP contribution in [0.2, 0.25) is 0 Å². The molecule has 5 heteroatoms. The minimum atomic E-state index is 0.211. The van der Waals surface area contributed by atoms with Gasteiger partial charge in [-0.1, -0.05) is 6.92 Å². The molecule has 0 radical (unpaired) electrons. The summed E-state index contributed by atoms with van der Waals surface area (Å²) in [6, 6.07) is 0. The van der Waals surface area contributed by atoms with Crippen LogP contribution in [0.15, 0.2) is 6.33 Å². The molecule has 0 atom stereocenters. The first-order valence-electron chi connectivity index (χ1n) is 6.71. The van der Waals surface area contributed by atoms with E-state index in [0.717, 1.165) is 49.7 Å². The van der Waals surface area contributed by atoms with Gasteiger partial charge in [-0.15, -0.1) is 0 Å². The Hall–Kier alpha value is -1.36. The molecule has 5 nitrogen and oxygen atoms in total. The first kappa shape index (κ1) is 14.7. The smallest absolute Gasteiger partial charge is 0.137 e. The van der Waals surface area contributed by atoms with E-state index in [9.17, 15) is 0 Å². The fraction of sp³-hybridized carbons (Fsp3) is 0.692. The summed E-state index contributed by atoms with van der Waals surface area (Å²) in [5, 5.41) is 12.2. The maximum atomic E-state index is 8.95. The van der Waals surface area contributed by atoms with Gasteiger partial charge in [0, 0.05) is 31.8 Å². The predicted octanol–water partition coefficient (Wildman–Crippen LogP) is 1.68. The Balaban J connectivity index is 3.00. The number of hydrogen-bond acceptors (Lipinski definition) is 5. The molecule has 1 rings (SSSR count). The zero-order valence-electron chi connectivity index (χ0n) is 11.6. The first-order chi connectivity index (χ1) is 8.78. The van der Waals surface area contributed by atoms with Gasteiger partial charge in [-0.25, -0.2) is 9.97 Å². The monoisotopic (exact) mass is 252 g/mol. The normalized spacial score (nSPS) is 10.4. The number of nitrogens with one attached hydrogen (secondary N) is 1. The average molecular weight is 252 g/mol. The molecule has 0 unspecified atom stereocenters. The fourth-order valence-electron chi connectivity index (χ4n) is 2.00. The van der Waals surface area contributed by atoms with E-state index in [4.69, 9.17) is 5.11 Å². The van der Waals surface area contributed by atoms with Crippen LogP contribution in [0.3, 0.4) is 0 Å². The second kappa shape index (κ2) is 7.87. The highest BCUT2D eigenvalue weighted by atomic mass is 16.3. The molecular weight excluding hydrogens is 228 g/mol. The summed E-state index contributed by atoms with van der Waals surface area (Å²) in [5.41, 5.74) is 1.15. The van der Waals surface area contributed by atoms with E-state index in [-0.39, 0.29) is 6.61 Å². The van der Waals surface area contributed by atoms with E-state index >= 15 is 0 Å². The van der Waals surface area contributed by atoms with Crippen molar-refractivity contribution in [3.8, 4) is 0 Å². The lowest BCUT2D eigenvalue weighted by atomic mass is 10.2. The molecular formula is C13H24N4O. The number of aliphatic hydroxyl groups is 1. The third-order valence-corrected chi connectivity index (χ3v) is 2.89. The average Bonchev–Trinajstić information content (AvgIpc) is 2.40. The number of nitrogens with zero attached hydrogens (tertiary/aromatic N) is 3. The summed E-state index contributed by atoms with van der Waals surface area (Å²) in [4.78, 5) is 10.9. The molecule has 0 saturated carbocycles. The summed E-state index contributed by atoms with van der Waals surface area (Å²) in [6.07, 6.45) is 3.26. The van der Waals surface area contributed by atoms with Gasteiger partial charge in [0.2, 0.25) is 0 Å². The third-order valence-electron chi connectivity index (χ3n) is 2.89. The molecule has 0 aliphatic carbocycles. The molecule has 1 aromatic heterocycles. The molecule has 0 bridgehead atoms. The van der Waals surface area contributed by atoms with Crippen LogP contribution in [0.1, 0.15) is 32.8 Å². The molecule has 1 heterocycles. The summed E-state index contributed by atoms with van der Waals surface area (Å²) >= 11 is 0. The van der Waals surface area contributed by atoms with Crippen LogP contribution >= 0.6 is 0 Å². The van der Waals surface area contributed by atoms with E-state index in [1.54, 1.807) is 6.33 Å². The van der Waals surface area contributed by atoms with Crippen molar-refractivity contribution in [1.82, 2.24) is 9.97 Å². The van der Waals surface area contributed by atoms with Gasteiger partial charge in [0.05, 0.1) is 0 Å². The molecule has 0 fully saturated rings. The number of aromatic nitrogens is 2. The van der Waals surface area contributed by atoms with Gasteiger partial charge >= 0.3 is 0 Å². The molecule has 0 aliphatic rings. The second-order valence-corrected chi connectivity index (χ2v) is 4.07. The lowest BCUT2D eigenvalue weighted by Gasteiger charge is -2.24. The Bertz CT molecular complexity index is 357. The number of aliphatic hydroxyl groups excluding tert-OH is 1. The van der Waals surface area contributed by atoms with Crippen LogP contribution in [0.4, 0.5) is 11.6 Å². The van der Waals surface area contributed by atoms with Crippen molar-refractivity contribution in [1.29, 1.82) is 0 Å². The van der Waals surface area contributed by atoms with E-state index in [0.29, 0.717) is 0 Å². The predicted molar refractivity (Wildman–Crippen MR) is 75.2 cm³/mol. The number of anilines is 2. The number of rotatable bonds is 8. The van der Waals surface area contributed by atoms with Gasteiger partial charge in [-0.2, -0.15) is 0 Å². The van der Waals surface area contributed by atoms with Gasteiger partial charge in [0.25, 0.3) is 0 Å². The molecule has 0 amide bonds. The van der Waals surface area contributed by atoms with Crippen LogP contribution in [0.25, 0.3) is 0 Å². The van der Waals surface area contributed by atoms with Crippen molar-refractivity contribution in [2.45, 2.75) is 33.6 Å². The highest BCUT2D eigenvalue weighted by Crippen LogP contribution is 2.23. The minimum absolute atomic E-state index is 0.211. The fourth-order valence-corrected chi connectivity index (χ4v) is 2.00. The van der Waals surface area contributed by atoms with Gasteiger partial charge < -0.3 is 15.3 Å². The van der Waals surface area contributed by atoms with Gasteiger partial charge in [0.1, 0.15) is 18.0 Å². The molecule has 102 valence electrons. The van der Waals surface area contributed by atoms with E-state index in [2.05, 4.69) is 41.0 Å². The van der Waals surface area contributed by atoms with Crippen LogP contribution in [-0.4, -0.2) is 41.3 Å². The second-order valence-electron chi connectivity index (χ2n) is 4.07. The lowest BCUT2D eigenvalue weighted by molar-refractivity contribution is 0.289. The van der Waals surface area contributed by atoms with Crippen molar-refractivity contribution in [2.24, 2.45) is 0 Å². The third kappa shape index (κ3) is 3.57. The summed E-state index contributed by atoms with van der Waals surface area (Å²) in [6.45, 7) is 9.05. The molecule has 0 saturated heterocycles. The largest absolute Gasteiger partial charge is 0.396 e. The van der Waals surface area contributed by atoms with Crippen LogP contribution in [0, 0.1) is 0 Å². The zero-order valence-corrected chi connectivity index (χ0v) is 11.6. The number of hydrogen-bond donors (Lipinski definition) is 2. The van der Waals surface area contributed by atoms with E-state index in [1.807, 2.05) is 0 Å². The molecule has 1 aromatic rings. The molecule has 0 aliphatic heterocycles. The van der Waals surface area contributed by atoms with Crippen molar-refractivity contribution in [3.63, 3.8) is 0 Å². The van der Waals surface area contributed by atoms with Crippen molar-refractivity contribution in [3.05, 3.63) is 11.9 Å². The van der Waals surface area contributed by atoms with E-state index < -0.39 is 0 Å². The van der Waals surface area contributed by atoms with Crippen molar-refractivity contribution >= 4 is 11.6 Å². The topological polar surface area (TPSA) is 61.3 Å². The summed E-state index contributed by atoms with van der Waals surface area (Å²) in [5.74, 6) is 1.91. The Labute approximate surface area is 109 Å². The minimum Gasteiger partial charge on any atom is -0.396 e. The molecule has 0 spiro atoms. The maximum absolute atomic E-state index is 8.95. The van der Waals surface area contributed by atoms with Gasteiger partial charge in [-0.3, -0.25) is 0 Å². The molecule has 2 N–H and O–H groups in total. The highest BCUT2D eigenvalue weighted by Gasteiger charge is 2.14. The zero-order chi connectivity index (χ0) is 13.4. The summed E-state index contributed by atoms with van der Waals surface area (Å²) < 4.78 is 0. The van der Waals surface area contributed by atoms with Crippen LogP contribution in [0.5, 0.6) is 0 Å². The molecule has 0 aromatic carbocycles. The van der Waals surface area contributed by atoms with E-state index in [1.165, 1.54) is 0 Å². The quantitative estimate of drug-likeness (QED) is 0.737. The summed E-state index contributed by atoms with van der Waals surface area (Å²) in [7, 11) is 0. The maximum Gasteiger partial charge on any atom is 0.137 e.